The van der Waals surface area contributed by atoms with E-state index in [2.05, 4.69) is 26.5 Å². The first-order valence-corrected chi connectivity index (χ1v) is 12.0. The van der Waals surface area contributed by atoms with E-state index in [0.717, 1.165) is 56.3 Å². The lowest BCUT2D eigenvalue weighted by Gasteiger charge is -2.37. The van der Waals surface area contributed by atoms with Crippen LogP contribution in [0.1, 0.15) is 25.7 Å². The van der Waals surface area contributed by atoms with Gasteiger partial charge in [0.05, 0.1) is 5.41 Å². The van der Waals surface area contributed by atoms with Gasteiger partial charge in [-0.1, -0.05) is 17.7 Å². The second kappa shape index (κ2) is 10.2. The van der Waals surface area contributed by atoms with Gasteiger partial charge in [0.25, 0.3) is 0 Å². The van der Waals surface area contributed by atoms with Crippen LogP contribution in [0.4, 0.5) is 10.5 Å². The Labute approximate surface area is 199 Å². The normalized spacial score (nSPS) is 22.9. The molecule has 10 heteroatoms. The number of anilines is 1. The summed E-state index contributed by atoms with van der Waals surface area (Å²) < 4.78 is 0. The molecule has 3 amide bonds. The lowest BCUT2D eigenvalue weighted by atomic mass is 9.75. The summed E-state index contributed by atoms with van der Waals surface area (Å²) in [7, 11) is 0. The zero-order valence-electron chi connectivity index (χ0n) is 18.8. The zero-order chi connectivity index (χ0) is 23.4. The van der Waals surface area contributed by atoms with E-state index in [1.54, 1.807) is 4.90 Å². The molecule has 1 spiro atoms. The van der Waals surface area contributed by atoms with E-state index >= 15 is 0 Å². The van der Waals surface area contributed by atoms with Crippen LogP contribution in [0.3, 0.4) is 0 Å². The van der Waals surface area contributed by atoms with E-state index < -0.39 is 11.5 Å². The molecule has 0 aromatic heterocycles. The van der Waals surface area contributed by atoms with E-state index in [1.807, 2.05) is 18.2 Å². The molecule has 0 bridgehead atoms. The SMILES string of the molecule is O=C(O)NCC(=O)N1CCC2(CC1)C[C@H](CCN1CCN(c3cccc(Cl)c3)CC1)NC2=O. The second-order valence-corrected chi connectivity index (χ2v) is 9.73. The van der Waals surface area contributed by atoms with Gasteiger partial charge in [-0.05, 0) is 43.9 Å². The summed E-state index contributed by atoms with van der Waals surface area (Å²) in [6.45, 7) is 5.61. The van der Waals surface area contributed by atoms with E-state index in [4.69, 9.17) is 16.7 Å². The molecule has 0 radical (unpaired) electrons. The monoisotopic (exact) mass is 477 g/mol. The van der Waals surface area contributed by atoms with Crippen molar-refractivity contribution in [2.45, 2.75) is 31.7 Å². The maximum Gasteiger partial charge on any atom is 0.405 e. The molecule has 3 aliphatic heterocycles. The van der Waals surface area contributed by atoms with Crippen molar-refractivity contribution in [3.8, 4) is 0 Å². The molecule has 180 valence electrons. The molecule has 9 nitrogen and oxygen atoms in total. The zero-order valence-corrected chi connectivity index (χ0v) is 19.5. The number of rotatable bonds is 6. The van der Waals surface area contributed by atoms with Gasteiger partial charge in [-0.3, -0.25) is 14.5 Å². The number of halogens is 1. The summed E-state index contributed by atoms with van der Waals surface area (Å²) in [5.74, 6) is -0.131. The maximum atomic E-state index is 12.8. The predicted molar refractivity (Wildman–Crippen MR) is 126 cm³/mol. The van der Waals surface area contributed by atoms with Crippen molar-refractivity contribution in [2.75, 3.05) is 57.3 Å². The third kappa shape index (κ3) is 5.70. The fourth-order valence-corrected chi connectivity index (χ4v) is 5.43. The number of piperazine rings is 1. The van der Waals surface area contributed by atoms with Crippen molar-refractivity contribution in [3.63, 3.8) is 0 Å². The van der Waals surface area contributed by atoms with Crippen LogP contribution in [-0.4, -0.2) is 91.2 Å². The standard InChI is InChI=1S/C23H32ClN5O4/c24-17-2-1-3-19(14-17)28-12-10-27(11-13-28)7-4-18-15-23(21(31)26-18)5-8-29(9-6-23)20(30)16-25-22(32)33/h1-3,14,18,25H,4-13,15-16H2,(H,26,31)(H,32,33)/t18-/m0/s1. The van der Waals surface area contributed by atoms with Gasteiger partial charge in [0.1, 0.15) is 6.54 Å². The molecule has 0 unspecified atom stereocenters. The summed E-state index contributed by atoms with van der Waals surface area (Å²) in [6, 6.07) is 8.14. The highest BCUT2D eigenvalue weighted by Gasteiger charge is 2.48. The molecule has 1 aromatic rings. The highest BCUT2D eigenvalue weighted by molar-refractivity contribution is 6.30. The first kappa shape index (κ1) is 23.6. The first-order valence-electron chi connectivity index (χ1n) is 11.6. The van der Waals surface area contributed by atoms with Gasteiger partial charge in [0, 0.05) is 62.6 Å². The minimum Gasteiger partial charge on any atom is -0.465 e. The molecule has 3 N–H and O–H groups in total. The smallest absolute Gasteiger partial charge is 0.405 e. The van der Waals surface area contributed by atoms with Gasteiger partial charge in [-0.2, -0.15) is 0 Å². The van der Waals surface area contributed by atoms with E-state index in [0.29, 0.717) is 25.9 Å². The number of nitrogens with one attached hydrogen (secondary N) is 2. The Hall–Kier alpha value is -2.52. The van der Waals surface area contributed by atoms with Crippen molar-refractivity contribution in [3.05, 3.63) is 29.3 Å². The van der Waals surface area contributed by atoms with Gasteiger partial charge in [0.2, 0.25) is 11.8 Å². The largest absolute Gasteiger partial charge is 0.465 e. The fourth-order valence-electron chi connectivity index (χ4n) is 5.25. The highest BCUT2D eigenvalue weighted by Crippen LogP contribution is 2.41. The molecule has 3 aliphatic rings. The molecule has 3 fully saturated rings. The maximum absolute atomic E-state index is 12.8. The Bertz CT molecular complexity index is 881. The van der Waals surface area contributed by atoms with Crippen LogP contribution in [0.15, 0.2) is 24.3 Å². The van der Waals surface area contributed by atoms with Crippen molar-refractivity contribution < 1.29 is 19.5 Å². The average Bonchev–Trinajstić information content (AvgIpc) is 3.11. The quantitative estimate of drug-likeness (QED) is 0.575. The highest BCUT2D eigenvalue weighted by atomic mass is 35.5. The number of nitrogens with zero attached hydrogens (tertiary/aromatic N) is 3. The Morgan fingerprint density at radius 1 is 1.15 bits per heavy atom. The van der Waals surface area contributed by atoms with Gasteiger partial charge in [0.15, 0.2) is 0 Å². The van der Waals surface area contributed by atoms with Crippen LogP contribution in [0.25, 0.3) is 0 Å². The Balaban J connectivity index is 1.20. The molecular weight excluding hydrogens is 446 g/mol. The van der Waals surface area contributed by atoms with Crippen molar-refractivity contribution >= 4 is 35.2 Å². The molecule has 0 saturated carbocycles. The number of carbonyl (C=O) groups is 3. The minimum atomic E-state index is -1.21. The molecule has 4 rings (SSSR count). The second-order valence-electron chi connectivity index (χ2n) is 9.29. The number of likely N-dealkylation sites (tertiary alicyclic amines) is 1. The number of piperidine rings is 1. The van der Waals surface area contributed by atoms with Crippen LogP contribution in [0, 0.1) is 5.41 Å². The van der Waals surface area contributed by atoms with E-state index in [9.17, 15) is 14.4 Å². The number of carbonyl (C=O) groups excluding carboxylic acids is 2. The lowest BCUT2D eigenvalue weighted by Crippen LogP contribution is -2.48. The number of carboxylic acid groups (broad SMARTS) is 1. The van der Waals surface area contributed by atoms with Crippen LogP contribution in [-0.2, 0) is 9.59 Å². The van der Waals surface area contributed by atoms with Crippen LogP contribution < -0.4 is 15.5 Å². The molecule has 1 atom stereocenters. The van der Waals surface area contributed by atoms with Crippen LogP contribution in [0.2, 0.25) is 5.02 Å². The number of hydrogen-bond donors (Lipinski definition) is 3. The summed E-state index contributed by atoms with van der Waals surface area (Å²) in [6.07, 6.45) is 1.79. The molecule has 3 heterocycles. The summed E-state index contributed by atoms with van der Waals surface area (Å²) >= 11 is 6.12. The molecule has 3 saturated heterocycles. The van der Waals surface area contributed by atoms with Crippen molar-refractivity contribution in [2.24, 2.45) is 5.41 Å². The average molecular weight is 478 g/mol. The Morgan fingerprint density at radius 2 is 1.88 bits per heavy atom. The third-order valence-electron chi connectivity index (χ3n) is 7.26. The van der Waals surface area contributed by atoms with Crippen LogP contribution >= 0.6 is 11.6 Å². The first-order chi connectivity index (χ1) is 15.8. The lowest BCUT2D eigenvalue weighted by molar-refractivity contribution is -0.137. The topological polar surface area (TPSA) is 105 Å². The number of amides is 3. The molecule has 1 aromatic carbocycles. The number of benzene rings is 1. The van der Waals surface area contributed by atoms with Gasteiger partial charge >= 0.3 is 6.09 Å². The van der Waals surface area contributed by atoms with Gasteiger partial charge in [-0.25, -0.2) is 4.79 Å². The van der Waals surface area contributed by atoms with Crippen molar-refractivity contribution in [1.82, 2.24) is 20.4 Å². The summed E-state index contributed by atoms with van der Waals surface area (Å²) in [4.78, 5) is 42.0. The summed E-state index contributed by atoms with van der Waals surface area (Å²) in [5.41, 5.74) is 0.767. The Kier molecular flexibility index (Phi) is 7.29. The number of hydrogen-bond acceptors (Lipinski definition) is 5. The Morgan fingerprint density at radius 3 is 2.55 bits per heavy atom. The van der Waals surface area contributed by atoms with Crippen molar-refractivity contribution in [1.29, 1.82) is 0 Å². The predicted octanol–water partition coefficient (Wildman–Crippen LogP) is 1.62. The third-order valence-corrected chi connectivity index (χ3v) is 7.49. The molecule has 33 heavy (non-hydrogen) atoms. The minimum absolute atomic E-state index is 0.106. The van der Waals surface area contributed by atoms with E-state index in [1.165, 1.54) is 0 Å². The van der Waals surface area contributed by atoms with Gasteiger partial charge < -0.3 is 25.5 Å². The summed E-state index contributed by atoms with van der Waals surface area (Å²) in [5, 5.41) is 14.7. The van der Waals surface area contributed by atoms with E-state index in [-0.39, 0.29) is 24.4 Å². The van der Waals surface area contributed by atoms with Crippen LogP contribution in [0.5, 0.6) is 0 Å². The fraction of sp³-hybridized carbons (Fsp3) is 0.609. The molecule has 0 aliphatic carbocycles. The van der Waals surface area contributed by atoms with Gasteiger partial charge in [-0.15, -0.1) is 0 Å². The molecular formula is C23H32ClN5O4.